The van der Waals surface area contributed by atoms with Crippen LogP contribution in [0.5, 0.6) is 0 Å². The Bertz CT molecular complexity index is 1110. The quantitative estimate of drug-likeness (QED) is 0.405. The van der Waals surface area contributed by atoms with Gasteiger partial charge in [-0.1, -0.05) is 12.1 Å². The number of piperazine rings is 1. The predicted octanol–water partition coefficient (Wildman–Crippen LogP) is 3.39. The van der Waals surface area contributed by atoms with Crippen molar-refractivity contribution in [3.63, 3.8) is 0 Å². The summed E-state index contributed by atoms with van der Waals surface area (Å²) >= 11 is 0. The Labute approximate surface area is 233 Å². The molecule has 0 spiro atoms. The zero-order valence-electron chi connectivity index (χ0n) is 22.8. The number of hydrazine groups is 1. The number of ether oxygens (including phenoxy) is 2. The average Bonchev–Trinajstić information content (AvgIpc) is 3.35. The third-order valence-corrected chi connectivity index (χ3v) is 8.12. The molecule has 2 heterocycles. The van der Waals surface area contributed by atoms with Crippen molar-refractivity contribution in [1.29, 1.82) is 0 Å². The van der Waals surface area contributed by atoms with E-state index in [9.17, 15) is 18.0 Å². The molecule has 4 atom stereocenters. The molecule has 2 aromatic rings. The second-order valence-corrected chi connectivity index (χ2v) is 10.9. The second-order valence-electron chi connectivity index (χ2n) is 10.9. The largest absolute Gasteiger partial charge is 0.416 e. The van der Waals surface area contributed by atoms with E-state index in [0.717, 1.165) is 63.3 Å². The number of fused-ring (bicyclic) bond motifs is 1. The highest BCUT2D eigenvalue weighted by molar-refractivity contribution is 5.94. The van der Waals surface area contributed by atoms with Gasteiger partial charge in [0.15, 0.2) is 0 Å². The number of amides is 1. The van der Waals surface area contributed by atoms with Gasteiger partial charge in [-0.05, 0) is 68.3 Å². The second kappa shape index (κ2) is 12.9. The summed E-state index contributed by atoms with van der Waals surface area (Å²) < 4.78 is 49.6. The Hall–Kier alpha value is -2.70. The Morgan fingerprint density at radius 3 is 2.40 bits per heavy atom. The number of likely N-dealkylation sites (N-methyl/N-ethyl adjacent to an activating group) is 1. The Morgan fingerprint density at radius 1 is 0.975 bits per heavy atom. The normalized spacial score (nSPS) is 25.6. The fourth-order valence-corrected chi connectivity index (χ4v) is 5.69. The van der Waals surface area contributed by atoms with Crippen LogP contribution in [0.1, 0.15) is 40.7 Å². The summed E-state index contributed by atoms with van der Waals surface area (Å²) in [5.41, 5.74) is 8.39. The van der Waals surface area contributed by atoms with Crippen LogP contribution in [-0.4, -0.2) is 75.6 Å². The molecule has 1 saturated carbocycles. The van der Waals surface area contributed by atoms with Crippen LogP contribution in [0.25, 0.3) is 0 Å². The van der Waals surface area contributed by atoms with Crippen LogP contribution < -0.4 is 21.1 Å². The minimum Gasteiger partial charge on any atom is -0.376 e. The molecular formula is C29H38F3N5O3. The number of alkyl halides is 3. The van der Waals surface area contributed by atoms with Gasteiger partial charge in [-0.15, -0.1) is 0 Å². The fourth-order valence-electron chi connectivity index (χ4n) is 5.69. The molecule has 218 valence electrons. The number of carbonyl (C=O) groups excluding carboxylic acids is 1. The number of hydrogen-bond acceptors (Lipinski definition) is 7. The summed E-state index contributed by atoms with van der Waals surface area (Å²) in [5.74, 6) is 0.178. The number of hydrogen-bond donors (Lipinski definition) is 3. The minimum atomic E-state index is -4.33. The van der Waals surface area contributed by atoms with Crippen LogP contribution in [0.15, 0.2) is 48.5 Å². The van der Waals surface area contributed by atoms with Crippen LogP contribution in [-0.2, 0) is 22.3 Å². The van der Waals surface area contributed by atoms with E-state index in [0.29, 0.717) is 24.3 Å². The van der Waals surface area contributed by atoms with E-state index in [2.05, 4.69) is 33.0 Å². The van der Waals surface area contributed by atoms with Gasteiger partial charge in [0.25, 0.3) is 5.91 Å². The summed E-state index contributed by atoms with van der Waals surface area (Å²) in [6, 6.07) is 13.0. The molecule has 0 aromatic heterocycles. The molecule has 8 nitrogen and oxygen atoms in total. The van der Waals surface area contributed by atoms with Gasteiger partial charge in [-0.2, -0.15) is 13.2 Å². The third-order valence-electron chi connectivity index (χ3n) is 8.12. The molecular weight excluding hydrogens is 523 g/mol. The SMILES string of the molecule is CN1CCN(c2ccc(C(=O)NC3NNC4CC(OCCOCc5ccc(C(F)(F)F)cc5)CCC43)cc2)CC1. The summed E-state index contributed by atoms with van der Waals surface area (Å²) in [6.45, 7) is 5.08. The van der Waals surface area contributed by atoms with Crippen LogP contribution in [0.3, 0.4) is 0 Å². The van der Waals surface area contributed by atoms with Gasteiger partial charge in [0.2, 0.25) is 0 Å². The molecule has 5 rings (SSSR count). The van der Waals surface area contributed by atoms with E-state index in [1.807, 2.05) is 24.3 Å². The lowest BCUT2D eigenvalue weighted by Gasteiger charge is -2.34. The fraction of sp³-hybridized carbons (Fsp3) is 0.552. The van der Waals surface area contributed by atoms with Gasteiger partial charge in [-0.25, -0.2) is 5.43 Å². The lowest BCUT2D eigenvalue weighted by molar-refractivity contribution is -0.137. The maximum absolute atomic E-state index is 12.9. The molecule has 11 heteroatoms. The molecule has 2 saturated heterocycles. The van der Waals surface area contributed by atoms with Crippen molar-refractivity contribution in [2.75, 3.05) is 51.3 Å². The van der Waals surface area contributed by atoms with E-state index < -0.39 is 11.7 Å². The van der Waals surface area contributed by atoms with Crippen molar-refractivity contribution in [3.8, 4) is 0 Å². The molecule has 0 radical (unpaired) electrons. The zero-order valence-corrected chi connectivity index (χ0v) is 22.8. The summed E-state index contributed by atoms with van der Waals surface area (Å²) in [4.78, 5) is 17.6. The number of carbonyl (C=O) groups is 1. The van der Waals surface area contributed by atoms with Crippen molar-refractivity contribution in [2.45, 2.75) is 50.4 Å². The van der Waals surface area contributed by atoms with E-state index in [-0.39, 0.29) is 36.7 Å². The Kier molecular flexibility index (Phi) is 9.27. The molecule has 3 aliphatic rings. The maximum Gasteiger partial charge on any atom is 0.416 e. The monoisotopic (exact) mass is 561 g/mol. The standard InChI is InChI=1S/C29H38F3N5O3/c1-36-12-14-37(15-13-36)23-8-4-21(5-9-23)28(38)33-27-25-11-10-24(18-26(25)34-35-27)40-17-16-39-19-20-2-6-22(7-3-20)29(30,31)32/h2-9,24-27,34-35H,10-19H2,1H3,(H,33,38). The van der Waals surface area contributed by atoms with Crippen molar-refractivity contribution < 1.29 is 27.4 Å². The number of nitrogens with zero attached hydrogens (tertiary/aromatic N) is 2. The number of nitrogens with one attached hydrogen (secondary N) is 3. The van der Waals surface area contributed by atoms with Crippen LogP contribution in [0.4, 0.5) is 18.9 Å². The van der Waals surface area contributed by atoms with Gasteiger partial charge in [0.05, 0.1) is 37.7 Å². The van der Waals surface area contributed by atoms with Crippen molar-refractivity contribution in [1.82, 2.24) is 21.1 Å². The summed E-state index contributed by atoms with van der Waals surface area (Å²) in [6.07, 6.45) is -1.78. The Balaban J connectivity index is 1.00. The topological polar surface area (TPSA) is 78.1 Å². The zero-order chi connectivity index (χ0) is 28.1. The summed E-state index contributed by atoms with van der Waals surface area (Å²) in [5, 5.41) is 3.15. The molecule has 40 heavy (non-hydrogen) atoms. The lowest BCUT2D eigenvalue weighted by atomic mass is 9.82. The smallest absolute Gasteiger partial charge is 0.376 e. The third kappa shape index (κ3) is 7.32. The first-order chi connectivity index (χ1) is 19.3. The first-order valence-electron chi connectivity index (χ1n) is 14.0. The van der Waals surface area contributed by atoms with Crippen molar-refractivity contribution in [3.05, 3.63) is 65.2 Å². The van der Waals surface area contributed by atoms with Crippen LogP contribution >= 0.6 is 0 Å². The highest BCUT2D eigenvalue weighted by Gasteiger charge is 2.41. The molecule has 2 aliphatic heterocycles. The Morgan fingerprint density at radius 2 is 1.70 bits per heavy atom. The average molecular weight is 562 g/mol. The maximum atomic E-state index is 12.9. The highest BCUT2D eigenvalue weighted by Crippen LogP contribution is 2.31. The molecule has 3 fully saturated rings. The summed E-state index contributed by atoms with van der Waals surface area (Å²) in [7, 11) is 2.13. The van der Waals surface area contributed by atoms with Gasteiger partial charge in [0, 0.05) is 49.4 Å². The lowest BCUT2D eigenvalue weighted by Crippen LogP contribution is -2.47. The van der Waals surface area contributed by atoms with E-state index >= 15 is 0 Å². The van der Waals surface area contributed by atoms with E-state index in [4.69, 9.17) is 9.47 Å². The minimum absolute atomic E-state index is 0.0850. The molecule has 1 amide bonds. The first-order valence-corrected chi connectivity index (χ1v) is 14.0. The van der Waals surface area contributed by atoms with Crippen molar-refractivity contribution in [2.24, 2.45) is 5.92 Å². The molecule has 3 N–H and O–H groups in total. The van der Waals surface area contributed by atoms with Gasteiger partial charge < -0.3 is 24.6 Å². The van der Waals surface area contributed by atoms with E-state index in [1.54, 1.807) is 0 Å². The molecule has 2 aromatic carbocycles. The van der Waals surface area contributed by atoms with Crippen LogP contribution in [0, 0.1) is 5.92 Å². The first kappa shape index (κ1) is 28.8. The van der Waals surface area contributed by atoms with Crippen molar-refractivity contribution >= 4 is 11.6 Å². The molecule has 4 unspecified atom stereocenters. The highest BCUT2D eigenvalue weighted by atomic mass is 19.4. The molecule has 1 aliphatic carbocycles. The number of rotatable bonds is 9. The number of halogens is 3. The van der Waals surface area contributed by atoms with E-state index in [1.165, 1.54) is 12.1 Å². The molecule has 0 bridgehead atoms. The predicted molar refractivity (Wildman–Crippen MR) is 146 cm³/mol. The van der Waals surface area contributed by atoms with Gasteiger partial charge >= 0.3 is 6.18 Å². The van der Waals surface area contributed by atoms with Gasteiger partial charge in [0.1, 0.15) is 0 Å². The number of anilines is 1. The van der Waals surface area contributed by atoms with Crippen LogP contribution in [0.2, 0.25) is 0 Å². The number of benzene rings is 2. The van der Waals surface area contributed by atoms with Gasteiger partial charge in [-0.3, -0.25) is 10.2 Å².